The first kappa shape index (κ1) is 11.6. The summed E-state index contributed by atoms with van der Waals surface area (Å²) in [7, 11) is 0. The second-order valence-electron chi connectivity index (χ2n) is 2.86. The summed E-state index contributed by atoms with van der Waals surface area (Å²) in [5.74, 6) is 3.01. The van der Waals surface area contributed by atoms with Crippen molar-refractivity contribution in [3.63, 3.8) is 0 Å². The van der Waals surface area contributed by atoms with Crippen LogP contribution in [0.5, 0.6) is 0 Å². The van der Waals surface area contributed by atoms with Gasteiger partial charge in [-0.25, -0.2) is 0 Å². The monoisotopic (exact) mass is 196 g/mol. The Morgan fingerprint density at radius 1 is 1.45 bits per heavy atom. The fourth-order valence-electron chi connectivity index (χ4n) is 0.568. The molecule has 0 spiro atoms. The lowest BCUT2D eigenvalue weighted by Crippen LogP contribution is -2.12. The second kappa shape index (κ2) is 7.26. The van der Waals surface area contributed by atoms with E-state index >= 15 is 0 Å². The van der Waals surface area contributed by atoms with Crippen LogP contribution in [-0.4, -0.2) is 28.6 Å². The molecular formula is C8H17ClOS. The first-order valence-electron chi connectivity index (χ1n) is 4.02. The van der Waals surface area contributed by atoms with Crippen molar-refractivity contribution in [3.8, 4) is 0 Å². The molecule has 11 heavy (non-hydrogen) atoms. The van der Waals surface area contributed by atoms with Crippen molar-refractivity contribution in [2.45, 2.75) is 26.4 Å². The van der Waals surface area contributed by atoms with Gasteiger partial charge >= 0.3 is 0 Å². The summed E-state index contributed by atoms with van der Waals surface area (Å²) in [5.41, 5.74) is 0. The van der Waals surface area contributed by atoms with E-state index in [1.54, 1.807) is 11.8 Å². The Hall–Kier alpha value is 0.600. The first-order chi connectivity index (χ1) is 5.20. The lowest BCUT2D eigenvalue weighted by Gasteiger charge is -2.09. The maximum absolute atomic E-state index is 9.09. The standard InChI is InChI=1S/C8H17ClOS/c1-3-7(2)5-11-6-8(10)4-9/h7-8,10H,3-6H2,1-2H3. The third kappa shape index (κ3) is 6.98. The van der Waals surface area contributed by atoms with E-state index < -0.39 is 0 Å². The van der Waals surface area contributed by atoms with Gasteiger partial charge in [-0.2, -0.15) is 11.8 Å². The van der Waals surface area contributed by atoms with Crippen molar-refractivity contribution in [1.29, 1.82) is 0 Å². The van der Waals surface area contributed by atoms with Gasteiger partial charge in [-0.05, 0) is 11.7 Å². The van der Waals surface area contributed by atoms with Crippen molar-refractivity contribution < 1.29 is 5.11 Å². The van der Waals surface area contributed by atoms with Gasteiger partial charge in [0.1, 0.15) is 0 Å². The Balaban J connectivity index is 3.13. The Bertz CT molecular complexity index is 80.2. The van der Waals surface area contributed by atoms with E-state index in [-0.39, 0.29) is 6.10 Å². The quantitative estimate of drug-likeness (QED) is 0.659. The molecule has 1 nitrogen and oxygen atoms in total. The normalized spacial score (nSPS) is 16.4. The average Bonchev–Trinajstić information content (AvgIpc) is 2.04. The SMILES string of the molecule is CCC(C)CSCC(O)CCl. The molecule has 0 aliphatic carbocycles. The Morgan fingerprint density at radius 2 is 2.09 bits per heavy atom. The maximum atomic E-state index is 9.09. The Kier molecular flexibility index (Phi) is 7.66. The fourth-order valence-corrected chi connectivity index (χ4v) is 1.97. The molecule has 0 saturated heterocycles. The largest absolute Gasteiger partial charge is 0.391 e. The molecule has 0 amide bonds. The van der Waals surface area contributed by atoms with Crippen molar-refractivity contribution in [2.75, 3.05) is 17.4 Å². The topological polar surface area (TPSA) is 20.2 Å². The van der Waals surface area contributed by atoms with Crippen LogP contribution in [0.2, 0.25) is 0 Å². The molecule has 68 valence electrons. The van der Waals surface area contributed by atoms with Gasteiger partial charge in [0, 0.05) is 11.6 Å². The molecule has 1 N–H and O–H groups in total. The van der Waals surface area contributed by atoms with Gasteiger partial charge in [-0.3, -0.25) is 0 Å². The van der Waals surface area contributed by atoms with Crippen LogP contribution in [0.15, 0.2) is 0 Å². The van der Waals surface area contributed by atoms with Crippen LogP contribution < -0.4 is 0 Å². The summed E-state index contributed by atoms with van der Waals surface area (Å²) in [4.78, 5) is 0. The fraction of sp³-hybridized carbons (Fsp3) is 1.00. The van der Waals surface area contributed by atoms with Crippen molar-refractivity contribution in [3.05, 3.63) is 0 Å². The molecule has 0 aliphatic rings. The molecule has 3 heteroatoms. The van der Waals surface area contributed by atoms with Gasteiger partial charge in [-0.1, -0.05) is 20.3 Å². The van der Waals surface area contributed by atoms with Crippen molar-refractivity contribution in [1.82, 2.24) is 0 Å². The number of hydrogen-bond donors (Lipinski definition) is 1. The number of hydrogen-bond acceptors (Lipinski definition) is 2. The lowest BCUT2D eigenvalue weighted by molar-refractivity contribution is 0.223. The maximum Gasteiger partial charge on any atom is 0.0765 e. The highest BCUT2D eigenvalue weighted by Gasteiger charge is 2.03. The van der Waals surface area contributed by atoms with Crippen molar-refractivity contribution >= 4 is 23.4 Å². The van der Waals surface area contributed by atoms with Crippen LogP contribution in [0.1, 0.15) is 20.3 Å². The summed E-state index contributed by atoms with van der Waals surface area (Å²) < 4.78 is 0. The van der Waals surface area contributed by atoms with Crippen LogP contribution in [0.3, 0.4) is 0 Å². The third-order valence-electron chi connectivity index (χ3n) is 1.59. The summed E-state index contributed by atoms with van der Waals surface area (Å²) in [6.07, 6.45) is 0.884. The molecule has 0 aromatic heterocycles. The van der Waals surface area contributed by atoms with Crippen LogP contribution in [0, 0.1) is 5.92 Å². The van der Waals surface area contributed by atoms with E-state index in [9.17, 15) is 0 Å². The molecule has 0 radical (unpaired) electrons. The number of rotatable bonds is 6. The molecule has 0 aliphatic heterocycles. The van der Waals surface area contributed by atoms with Gasteiger partial charge in [0.05, 0.1) is 6.10 Å². The highest BCUT2D eigenvalue weighted by molar-refractivity contribution is 7.99. The zero-order valence-corrected chi connectivity index (χ0v) is 8.79. The van der Waals surface area contributed by atoms with Crippen LogP contribution in [0.25, 0.3) is 0 Å². The van der Waals surface area contributed by atoms with E-state index in [0.29, 0.717) is 5.88 Å². The molecule has 2 unspecified atom stereocenters. The van der Waals surface area contributed by atoms with E-state index in [4.69, 9.17) is 16.7 Å². The molecule has 0 saturated carbocycles. The number of thioether (sulfide) groups is 1. The summed E-state index contributed by atoms with van der Waals surface area (Å²) in [5, 5.41) is 9.09. The number of halogens is 1. The molecule has 0 rings (SSSR count). The minimum Gasteiger partial charge on any atom is -0.391 e. The summed E-state index contributed by atoms with van der Waals surface area (Å²) in [6.45, 7) is 4.41. The van der Waals surface area contributed by atoms with Crippen LogP contribution in [-0.2, 0) is 0 Å². The molecule has 0 bridgehead atoms. The summed E-state index contributed by atoms with van der Waals surface area (Å²) >= 11 is 7.22. The smallest absolute Gasteiger partial charge is 0.0765 e. The Labute approximate surface area is 78.5 Å². The molecule has 0 aromatic carbocycles. The molecule has 2 atom stereocenters. The molecule has 0 fully saturated rings. The van der Waals surface area contributed by atoms with E-state index in [2.05, 4.69) is 13.8 Å². The lowest BCUT2D eigenvalue weighted by atomic mass is 10.2. The van der Waals surface area contributed by atoms with E-state index in [0.717, 1.165) is 17.4 Å². The predicted molar refractivity (Wildman–Crippen MR) is 53.5 cm³/mol. The van der Waals surface area contributed by atoms with E-state index in [1.807, 2.05) is 0 Å². The van der Waals surface area contributed by atoms with Gasteiger partial charge < -0.3 is 5.11 Å². The van der Waals surface area contributed by atoms with Gasteiger partial charge in [0.15, 0.2) is 0 Å². The first-order valence-corrected chi connectivity index (χ1v) is 5.71. The number of alkyl halides is 1. The van der Waals surface area contributed by atoms with Crippen molar-refractivity contribution in [2.24, 2.45) is 5.92 Å². The van der Waals surface area contributed by atoms with Crippen LogP contribution >= 0.6 is 23.4 Å². The molecular weight excluding hydrogens is 180 g/mol. The second-order valence-corrected chi connectivity index (χ2v) is 4.24. The summed E-state index contributed by atoms with van der Waals surface area (Å²) in [6, 6.07) is 0. The van der Waals surface area contributed by atoms with Gasteiger partial charge in [0.25, 0.3) is 0 Å². The molecule has 0 heterocycles. The van der Waals surface area contributed by atoms with E-state index in [1.165, 1.54) is 6.42 Å². The van der Waals surface area contributed by atoms with Gasteiger partial charge in [-0.15, -0.1) is 11.6 Å². The highest BCUT2D eigenvalue weighted by atomic mass is 35.5. The minimum atomic E-state index is -0.328. The zero-order valence-electron chi connectivity index (χ0n) is 7.22. The third-order valence-corrected chi connectivity index (χ3v) is 3.37. The van der Waals surface area contributed by atoms with Gasteiger partial charge in [0.2, 0.25) is 0 Å². The number of aliphatic hydroxyl groups is 1. The average molecular weight is 197 g/mol. The predicted octanol–water partition coefficient (Wildman–Crippen LogP) is 2.37. The minimum absolute atomic E-state index is 0.328. The highest BCUT2D eigenvalue weighted by Crippen LogP contribution is 2.12. The van der Waals surface area contributed by atoms with Crippen LogP contribution in [0.4, 0.5) is 0 Å². The Morgan fingerprint density at radius 3 is 2.55 bits per heavy atom. The molecule has 0 aromatic rings. The zero-order chi connectivity index (χ0) is 8.69. The number of aliphatic hydroxyl groups excluding tert-OH is 1.